The average Bonchev–Trinajstić information content (AvgIpc) is 2.86. The second-order valence-corrected chi connectivity index (χ2v) is 9.64. The Hall–Kier alpha value is -0.937. The van der Waals surface area contributed by atoms with Gasteiger partial charge in [0.25, 0.3) is 0 Å². The van der Waals surface area contributed by atoms with Crippen molar-refractivity contribution >= 4 is 6.08 Å². The molecule has 0 amide bonds. The average molecular weight is 407 g/mol. The molecule has 4 rings (SSSR count). The normalized spacial score (nSPS) is 20.7. The molecule has 0 bridgehead atoms. The van der Waals surface area contributed by atoms with E-state index in [1.165, 1.54) is 59.9 Å². The Morgan fingerprint density at radius 2 is 1.80 bits per heavy atom. The van der Waals surface area contributed by atoms with Crippen LogP contribution >= 0.6 is 0 Å². The number of hydrogen-bond donors (Lipinski definition) is 0. The van der Waals surface area contributed by atoms with Gasteiger partial charge in [-0.3, -0.25) is 0 Å². The summed E-state index contributed by atoms with van der Waals surface area (Å²) in [5.41, 5.74) is 10.9. The number of benzene rings is 2. The van der Waals surface area contributed by atoms with Gasteiger partial charge in [-0.15, -0.1) is 0 Å². The molecule has 0 nitrogen and oxygen atoms in total. The molecule has 1 atom stereocenters. The molecule has 2 aromatic carbocycles. The Labute approximate surface area is 167 Å². The van der Waals surface area contributed by atoms with E-state index in [9.17, 15) is 0 Å². The second-order valence-electron chi connectivity index (χ2n) is 8.22. The molecular formula is C24H27Zr. The topological polar surface area (TPSA) is 0 Å². The number of allylic oxidation sites excluding steroid dienone is 1. The van der Waals surface area contributed by atoms with Crippen molar-refractivity contribution in [1.82, 2.24) is 0 Å². The number of aryl methyl sites for hydroxylation is 2. The first-order chi connectivity index (χ1) is 12.0. The summed E-state index contributed by atoms with van der Waals surface area (Å²) in [7, 11) is 0. The Balaban J connectivity index is 1.75. The van der Waals surface area contributed by atoms with Crippen molar-refractivity contribution in [2.75, 3.05) is 0 Å². The molecule has 0 heterocycles. The fourth-order valence-corrected chi connectivity index (χ4v) is 5.84. The van der Waals surface area contributed by atoms with Crippen LogP contribution in [0.2, 0.25) is 0 Å². The van der Waals surface area contributed by atoms with Crippen molar-refractivity contribution in [3.8, 4) is 11.1 Å². The standard InChI is InChI=1S/C24H27.Zr/c1-4-24(9-6-10-24)16-19-14-20-7-5-8-22(23(20)15-19)21-12-17(2)11-18(3)13-21;/h5,7-8,11-15H,4,6,9-10,16H2,1-3H3;. The van der Waals surface area contributed by atoms with Gasteiger partial charge < -0.3 is 0 Å². The third-order valence-corrected chi connectivity index (χ3v) is 8.10. The molecule has 1 unspecified atom stereocenters. The summed E-state index contributed by atoms with van der Waals surface area (Å²) in [5, 5.41) is 0. The van der Waals surface area contributed by atoms with E-state index in [2.05, 4.69) is 63.2 Å². The van der Waals surface area contributed by atoms with Gasteiger partial charge in [0.1, 0.15) is 0 Å². The Morgan fingerprint density at radius 1 is 1.08 bits per heavy atom. The maximum atomic E-state index is 2.55. The molecule has 0 aromatic heterocycles. The van der Waals surface area contributed by atoms with Crippen molar-refractivity contribution < 1.29 is 24.7 Å². The Kier molecular flexibility index (Phi) is 4.65. The second kappa shape index (κ2) is 6.66. The molecular weight excluding hydrogens is 379 g/mol. The van der Waals surface area contributed by atoms with Gasteiger partial charge in [0, 0.05) is 0 Å². The molecule has 127 valence electrons. The van der Waals surface area contributed by atoms with Crippen LogP contribution in [-0.2, 0) is 24.7 Å². The number of hydrogen-bond acceptors (Lipinski definition) is 0. The third kappa shape index (κ3) is 3.14. The first-order valence-corrected chi connectivity index (χ1v) is 11.1. The van der Waals surface area contributed by atoms with E-state index < -0.39 is 0 Å². The predicted octanol–water partition coefficient (Wildman–Crippen LogP) is 6.93. The van der Waals surface area contributed by atoms with Gasteiger partial charge in [0.2, 0.25) is 0 Å². The van der Waals surface area contributed by atoms with E-state index in [4.69, 9.17) is 0 Å². The van der Waals surface area contributed by atoms with E-state index in [0.29, 0.717) is 9.04 Å². The van der Waals surface area contributed by atoms with E-state index in [0.717, 1.165) is 0 Å². The van der Waals surface area contributed by atoms with Crippen LogP contribution in [0.25, 0.3) is 17.2 Å². The fraction of sp³-hybridized carbons (Fsp3) is 0.417. The van der Waals surface area contributed by atoms with Gasteiger partial charge in [-0.2, -0.15) is 0 Å². The van der Waals surface area contributed by atoms with Crippen LogP contribution in [0.15, 0.2) is 42.0 Å². The van der Waals surface area contributed by atoms with Crippen molar-refractivity contribution in [3.63, 3.8) is 0 Å². The molecule has 1 heteroatoms. The molecule has 0 radical (unpaired) electrons. The SMILES string of the molecule is CCC1(CC2=Cc3c(-c4cc(C)cc(C)c4)cccc3[CH]2[Zr])CCC1. The van der Waals surface area contributed by atoms with Crippen molar-refractivity contribution in [3.05, 3.63) is 64.2 Å². The third-order valence-electron chi connectivity index (χ3n) is 6.43. The summed E-state index contributed by atoms with van der Waals surface area (Å²) in [5.74, 6) is 0. The summed E-state index contributed by atoms with van der Waals surface area (Å²) in [4.78, 5) is 0. The van der Waals surface area contributed by atoms with E-state index in [1.807, 2.05) is 0 Å². The predicted molar refractivity (Wildman–Crippen MR) is 103 cm³/mol. The van der Waals surface area contributed by atoms with Crippen molar-refractivity contribution in [2.24, 2.45) is 5.41 Å². The quantitative estimate of drug-likeness (QED) is 0.516. The molecule has 0 N–H and O–H groups in total. The van der Waals surface area contributed by atoms with Crippen LogP contribution in [0.3, 0.4) is 0 Å². The van der Waals surface area contributed by atoms with Crippen molar-refractivity contribution in [2.45, 2.75) is 56.5 Å². The van der Waals surface area contributed by atoms with E-state index in [-0.39, 0.29) is 0 Å². The van der Waals surface area contributed by atoms with Crippen LogP contribution in [0.5, 0.6) is 0 Å². The van der Waals surface area contributed by atoms with Gasteiger partial charge in [-0.1, -0.05) is 0 Å². The van der Waals surface area contributed by atoms with Crippen LogP contribution in [0.1, 0.15) is 64.9 Å². The minimum atomic E-state index is 0.614. The molecule has 2 aliphatic rings. The van der Waals surface area contributed by atoms with Crippen LogP contribution in [-0.4, -0.2) is 0 Å². The monoisotopic (exact) mass is 405 g/mol. The van der Waals surface area contributed by atoms with Crippen LogP contribution in [0, 0.1) is 19.3 Å². The molecule has 2 aliphatic carbocycles. The van der Waals surface area contributed by atoms with Gasteiger partial charge in [-0.05, 0) is 0 Å². The fourth-order valence-electron chi connectivity index (χ4n) is 4.76. The van der Waals surface area contributed by atoms with Crippen molar-refractivity contribution in [1.29, 1.82) is 0 Å². The van der Waals surface area contributed by atoms with Gasteiger partial charge in [0.15, 0.2) is 0 Å². The molecule has 2 aromatic rings. The zero-order valence-electron chi connectivity index (χ0n) is 15.7. The summed E-state index contributed by atoms with van der Waals surface area (Å²) in [6.45, 7) is 6.80. The molecule has 1 saturated carbocycles. The first kappa shape index (κ1) is 17.5. The number of rotatable bonds is 4. The first-order valence-electron chi connectivity index (χ1n) is 9.64. The molecule has 0 spiro atoms. The molecule has 0 saturated heterocycles. The van der Waals surface area contributed by atoms with Crippen LogP contribution < -0.4 is 0 Å². The van der Waals surface area contributed by atoms with Gasteiger partial charge >= 0.3 is 168 Å². The van der Waals surface area contributed by atoms with Gasteiger partial charge in [-0.25, -0.2) is 0 Å². The maximum absolute atomic E-state index is 2.55. The summed E-state index contributed by atoms with van der Waals surface area (Å²) >= 11 is 1.64. The molecule has 0 aliphatic heterocycles. The zero-order valence-corrected chi connectivity index (χ0v) is 18.1. The van der Waals surface area contributed by atoms with Crippen LogP contribution in [0.4, 0.5) is 0 Å². The zero-order chi connectivity index (χ0) is 17.6. The summed E-state index contributed by atoms with van der Waals surface area (Å²) in [6.07, 6.45) is 9.52. The van der Waals surface area contributed by atoms with Gasteiger partial charge in [0.05, 0.1) is 0 Å². The van der Waals surface area contributed by atoms with E-state index in [1.54, 1.807) is 35.9 Å². The number of fused-ring (bicyclic) bond motifs is 1. The summed E-state index contributed by atoms with van der Waals surface area (Å²) in [6, 6.07) is 13.9. The summed E-state index contributed by atoms with van der Waals surface area (Å²) < 4.78 is 0.664. The Bertz CT molecular complexity index is 813. The minimum absolute atomic E-state index is 0.614. The molecule has 25 heavy (non-hydrogen) atoms. The van der Waals surface area contributed by atoms with E-state index >= 15 is 0 Å². The molecule has 1 fully saturated rings. The Morgan fingerprint density at radius 3 is 2.40 bits per heavy atom.